The van der Waals surface area contributed by atoms with E-state index in [1.165, 1.54) is 21.8 Å². The fraction of sp³-hybridized carbons (Fsp3) is 0.167. The molecule has 0 unspecified atom stereocenters. The van der Waals surface area contributed by atoms with Crippen LogP contribution in [0.2, 0.25) is 0 Å². The number of hydrogen-bond acceptors (Lipinski definition) is 6. The molecule has 0 radical (unpaired) electrons. The molecule has 0 fully saturated rings. The first-order valence-corrected chi connectivity index (χ1v) is 9.72. The fourth-order valence-electron chi connectivity index (χ4n) is 3.24. The molecule has 0 atom stereocenters. The van der Waals surface area contributed by atoms with Gasteiger partial charge in [0.05, 0.1) is 12.4 Å². The van der Waals surface area contributed by atoms with Crippen molar-refractivity contribution >= 4 is 12.4 Å². The molecule has 0 bridgehead atoms. The first-order valence-electron chi connectivity index (χ1n) is 9.72. The Bertz CT molecular complexity index is 1350. The van der Waals surface area contributed by atoms with E-state index in [9.17, 15) is 20.1 Å². The Morgan fingerprint density at radius 2 is 1.06 bits per heavy atom. The van der Waals surface area contributed by atoms with E-state index in [1.807, 2.05) is 12.1 Å². The first-order chi connectivity index (χ1) is 15.3. The Balaban J connectivity index is 1.87. The zero-order valence-electron chi connectivity index (χ0n) is 18.1. The average molecular weight is 424 g/mol. The van der Waals surface area contributed by atoms with Crippen molar-refractivity contribution < 1.29 is 0 Å². The summed E-state index contributed by atoms with van der Waals surface area (Å²) in [4.78, 5) is 24.8. The lowest BCUT2D eigenvalue weighted by atomic mass is 10.1. The number of pyridine rings is 2. The van der Waals surface area contributed by atoms with E-state index in [4.69, 9.17) is 0 Å². The van der Waals surface area contributed by atoms with Crippen LogP contribution in [0.1, 0.15) is 44.8 Å². The van der Waals surface area contributed by atoms with Gasteiger partial charge >= 0.3 is 0 Å². The van der Waals surface area contributed by atoms with Crippen LogP contribution in [0, 0.1) is 50.4 Å². The molecule has 0 aliphatic heterocycles. The van der Waals surface area contributed by atoms with Gasteiger partial charge in [-0.2, -0.15) is 20.7 Å². The van der Waals surface area contributed by atoms with Crippen LogP contribution in [-0.4, -0.2) is 21.8 Å². The largest absolute Gasteiger partial charge is 0.289 e. The SMILES string of the molecule is Cc1cc(C)n(N=Cc2ccc(C=Nn3c(C)cc(C)c(C#N)c3=O)cc2)c(=O)c1C#N. The van der Waals surface area contributed by atoms with Crippen molar-refractivity contribution in [2.24, 2.45) is 10.2 Å². The van der Waals surface area contributed by atoms with E-state index >= 15 is 0 Å². The monoisotopic (exact) mass is 424 g/mol. The lowest BCUT2D eigenvalue weighted by molar-refractivity contribution is 0.786. The minimum atomic E-state index is -0.458. The van der Waals surface area contributed by atoms with Crippen molar-refractivity contribution in [3.8, 4) is 12.1 Å². The second-order valence-corrected chi connectivity index (χ2v) is 7.30. The molecule has 0 spiro atoms. The van der Waals surface area contributed by atoms with E-state index in [0.717, 1.165) is 11.1 Å². The first kappa shape index (κ1) is 22.1. The van der Waals surface area contributed by atoms with Gasteiger partial charge in [-0.05, 0) is 62.1 Å². The van der Waals surface area contributed by atoms with Crippen LogP contribution in [-0.2, 0) is 0 Å². The Labute approximate surface area is 184 Å². The van der Waals surface area contributed by atoms with Gasteiger partial charge in [0.2, 0.25) is 0 Å². The minimum absolute atomic E-state index is 0.0699. The molecule has 3 rings (SSSR count). The summed E-state index contributed by atoms with van der Waals surface area (Å²) in [5, 5.41) is 26.8. The molecule has 0 N–H and O–H groups in total. The predicted octanol–water partition coefficient (Wildman–Crippen LogP) is 2.75. The van der Waals surface area contributed by atoms with Crippen LogP contribution < -0.4 is 11.1 Å². The molecule has 8 nitrogen and oxygen atoms in total. The van der Waals surface area contributed by atoms with Gasteiger partial charge in [0, 0.05) is 11.4 Å². The van der Waals surface area contributed by atoms with Crippen molar-refractivity contribution in [1.29, 1.82) is 10.5 Å². The second kappa shape index (κ2) is 9.07. The Morgan fingerprint density at radius 1 is 0.719 bits per heavy atom. The van der Waals surface area contributed by atoms with Crippen molar-refractivity contribution in [2.45, 2.75) is 27.7 Å². The third-order valence-electron chi connectivity index (χ3n) is 4.92. The van der Waals surface area contributed by atoms with Crippen LogP contribution in [0.4, 0.5) is 0 Å². The minimum Gasteiger partial charge on any atom is -0.266 e. The molecule has 158 valence electrons. The Morgan fingerprint density at radius 3 is 1.38 bits per heavy atom. The number of benzene rings is 1. The molecule has 3 aromatic rings. The van der Waals surface area contributed by atoms with Crippen molar-refractivity contribution in [2.75, 3.05) is 0 Å². The van der Waals surface area contributed by atoms with Crippen LogP contribution in [0.5, 0.6) is 0 Å². The number of aryl methyl sites for hydroxylation is 4. The zero-order chi connectivity index (χ0) is 23.4. The van der Waals surface area contributed by atoms with E-state index in [0.29, 0.717) is 22.5 Å². The maximum Gasteiger partial charge on any atom is 0.289 e. The van der Waals surface area contributed by atoms with Crippen LogP contribution >= 0.6 is 0 Å². The smallest absolute Gasteiger partial charge is 0.266 e. The zero-order valence-corrected chi connectivity index (χ0v) is 18.1. The predicted molar refractivity (Wildman–Crippen MR) is 122 cm³/mol. The lowest BCUT2D eigenvalue weighted by Gasteiger charge is -2.06. The maximum atomic E-state index is 12.4. The Kier molecular flexibility index (Phi) is 6.27. The van der Waals surface area contributed by atoms with Gasteiger partial charge in [0.25, 0.3) is 11.1 Å². The van der Waals surface area contributed by atoms with Gasteiger partial charge in [-0.1, -0.05) is 24.3 Å². The topological polar surface area (TPSA) is 116 Å². The third-order valence-corrected chi connectivity index (χ3v) is 4.92. The highest BCUT2D eigenvalue weighted by Crippen LogP contribution is 2.07. The number of aromatic nitrogens is 2. The Hall–Kier alpha value is -4.56. The van der Waals surface area contributed by atoms with Crippen molar-refractivity contribution in [1.82, 2.24) is 9.35 Å². The standard InChI is InChI=1S/C24H20N6O2/c1-15-9-17(3)29(23(31)21(15)11-25)27-13-19-5-7-20(8-6-19)14-28-30-18(4)10-16(2)22(12-26)24(30)32/h5-10,13-14H,1-4H3. The van der Waals surface area contributed by atoms with Gasteiger partial charge in [0.1, 0.15) is 23.3 Å². The van der Waals surface area contributed by atoms with E-state index in [-0.39, 0.29) is 11.1 Å². The average Bonchev–Trinajstić information content (AvgIpc) is 2.74. The number of hydrogen-bond donors (Lipinski definition) is 0. The van der Waals surface area contributed by atoms with Crippen LogP contribution in [0.3, 0.4) is 0 Å². The molecule has 0 aliphatic carbocycles. The summed E-state index contributed by atoms with van der Waals surface area (Å²) < 4.78 is 2.39. The molecule has 0 amide bonds. The molecule has 32 heavy (non-hydrogen) atoms. The summed E-state index contributed by atoms with van der Waals surface area (Å²) in [6.07, 6.45) is 3.05. The van der Waals surface area contributed by atoms with E-state index in [2.05, 4.69) is 10.2 Å². The van der Waals surface area contributed by atoms with Crippen LogP contribution in [0.25, 0.3) is 0 Å². The fourth-order valence-corrected chi connectivity index (χ4v) is 3.24. The summed E-state index contributed by atoms with van der Waals surface area (Å²) in [6.45, 7) is 6.93. The van der Waals surface area contributed by atoms with Gasteiger partial charge in [-0.3, -0.25) is 9.59 Å². The number of nitrogens with zero attached hydrogens (tertiary/aromatic N) is 6. The van der Waals surface area contributed by atoms with Crippen LogP contribution in [0.15, 0.2) is 56.2 Å². The molecular formula is C24H20N6O2. The highest BCUT2D eigenvalue weighted by Gasteiger charge is 2.10. The quantitative estimate of drug-likeness (QED) is 0.599. The number of rotatable bonds is 4. The summed E-state index contributed by atoms with van der Waals surface area (Å²) in [5.74, 6) is 0. The molecule has 0 saturated heterocycles. The lowest BCUT2D eigenvalue weighted by Crippen LogP contribution is -2.22. The maximum absolute atomic E-state index is 12.4. The third kappa shape index (κ3) is 4.30. The highest BCUT2D eigenvalue weighted by molar-refractivity contribution is 5.84. The normalized spacial score (nSPS) is 11.1. The van der Waals surface area contributed by atoms with Gasteiger partial charge in [0.15, 0.2) is 0 Å². The van der Waals surface area contributed by atoms with E-state index in [1.54, 1.807) is 64.1 Å². The van der Waals surface area contributed by atoms with Gasteiger partial charge < -0.3 is 0 Å². The molecule has 2 heterocycles. The van der Waals surface area contributed by atoms with Crippen molar-refractivity contribution in [3.63, 3.8) is 0 Å². The molecule has 2 aromatic heterocycles. The van der Waals surface area contributed by atoms with E-state index < -0.39 is 11.1 Å². The second-order valence-electron chi connectivity index (χ2n) is 7.30. The summed E-state index contributed by atoms with van der Waals surface area (Å²) in [7, 11) is 0. The summed E-state index contributed by atoms with van der Waals surface area (Å²) in [6, 6.07) is 14.5. The molecule has 0 saturated carbocycles. The van der Waals surface area contributed by atoms with Gasteiger partial charge in [-0.15, -0.1) is 0 Å². The highest BCUT2D eigenvalue weighted by atomic mass is 16.1. The molecule has 1 aromatic carbocycles. The molecule has 8 heteroatoms. The molecular weight excluding hydrogens is 404 g/mol. The summed E-state index contributed by atoms with van der Waals surface area (Å²) in [5.41, 5.74) is 3.20. The number of nitriles is 2. The van der Waals surface area contributed by atoms with Crippen molar-refractivity contribution in [3.05, 3.63) is 102 Å². The summed E-state index contributed by atoms with van der Waals surface area (Å²) >= 11 is 0. The van der Waals surface area contributed by atoms with Gasteiger partial charge in [-0.25, -0.2) is 9.35 Å². The molecule has 0 aliphatic rings.